The first kappa shape index (κ1) is 15.8. The van der Waals surface area contributed by atoms with E-state index in [1.165, 1.54) is 5.56 Å². The minimum absolute atomic E-state index is 0.00209. The monoisotopic (exact) mass is 316 g/mol. The maximum absolute atomic E-state index is 12.4. The lowest BCUT2D eigenvalue weighted by Crippen LogP contribution is -2.47. The van der Waals surface area contributed by atoms with Gasteiger partial charge in [0, 0.05) is 19.5 Å². The zero-order chi connectivity index (χ0) is 16.2. The number of carbonyl (C=O) groups is 2. The van der Waals surface area contributed by atoms with Gasteiger partial charge in [-0.2, -0.15) is 0 Å². The first-order valence-electron chi connectivity index (χ1n) is 8.37. The molecule has 1 aromatic rings. The summed E-state index contributed by atoms with van der Waals surface area (Å²) in [4.78, 5) is 25.5. The van der Waals surface area contributed by atoms with Crippen molar-refractivity contribution in [3.63, 3.8) is 0 Å². The molecule has 0 bridgehead atoms. The predicted octanol–water partition coefficient (Wildman–Crippen LogP) is 1.75. The summed E-state index contributed by atoms with van der Waals surface area (Å²) in [5.41, 5.74) is 1.32. The number of ether oxygens (including phenoxy) is 1. The highest BCUT2D eigenvalue weighted by Crippen LogP contribution is 2.24. The minimum atomic E-state index is -0.291. The molecule has 1 atom stereocenters. The van der Waals surface area contributed by atoms with E-state index in [1.54, 1.807) is 7.11 Å². The van der Waals surface area contributed by atoms with E-state index in [2.05, 4.69) is 17.4 Å². The van der Waals surface area contributed by atoms with Crippen LogP contribution >= 0.6 is 0 Å². The van der Waals surface area contributed by atoms with E-state index in [4.69, 9.17) is 4.74 Å². The van der Waals surface area contributed by atoms with Crippen LogP contribution in [0.3, 0.4) is 0 Å². The van der Waals surface area contributed by atoms with Crippen LogP contribution in [0.25, 0.3) is 0 Å². The zero-order valence-electron chi connectivity index (χ0n) is 13.6. The molecule has 2 aliphatic rings. The lowest BCUT2D eigenvalue weighted by molar-refractivity contribution is -0.135. The first-order valence-corrected chi connectivity index (χ1v) is 8.37. The number of carbonyl (C=O) groups excluding carboxylic acids is 2. The predicted molar refractivity (Wildman–Crippen MR) is 87.2 cm³/mol. The Morgan fingerprint density at radius 1 is 1.22 bits per heavy atom. The second-order valence-corrected chi connectivity index (χ2v) is 6.48. The quantitative estimate of drug-likeness (QED) is 0.921. The Morgan fingerprint density at radius 2 is 1.91 bits per heavy atom. The summed E-state index contributed by atoms with van der Waals surface area (Å²) in [5.74, 6) is 1.59. The second kappa shape index (κ2) is 7.02. The minimum Gasteiger partial charge on any atom is -0.497 e. The average molecular weight is 316 g/mol. The van der Waals surface area contributed by atoms with Gasteiger partial charge in [-0.1, -0.05) is 12.1 Å². The maximum Gasteiger partial charge on any atom is 0.245 e. The standard InChI is InChI=1S/C18H24N2O3/c1-23-15-4-2-13(3-5-15)12-14-8-10-20(11-9-14)18(22)16-6-7-17(21)19-16/h2-5,14,16H,6-12H2,1H3,(H,19,21). The third-order valence-electron chi connectivity index (χ3n) is 4.90. The van der Waals surface area contributed by atoms with Crippen LogP contribution in [-0.2, 0) is 16.0 Å². The molecule has 0 saturated carbocycles. The van der Waals surface area contributed by atoms with Crippen molar-refractivity contribution < 1.29 is 14.3 Å². The largest absolute Gasteiger partial charge is 0.497 e. The molecule has 0 spiro atoms. The smallest absolute Gasteiger partial charge is 0.245 e. The van der Waals surface area contributed by atoms with Gasteiger partial charge < -0.3 is 15.0 Å². The molecule has 1 unspecified atom stereocenters. The summed E-state index contributed by atoms with van der Waals surface area (Å²) in [6.45, 7) is 1.60. The van der Waals surface area contributed by atoms with Gasteiger partial charge in [0.1, 0.15) is 11.8 Å². The molecule has 1 aromatic carbocycles. The summed E-state index contributed by atoms with van der Waals surface area (Å²) in [5, 5.41) is 2.77. The molecule has 2 aliphatic heterocycles. The highest BCUT2D eigenvalue weighted by molar-refractivity contribution is 5.90. The van der Waals surface area contributed by atoms with Crippen LogP contribution in [0.4, 0.5) is 0 Å². The van der Waals surface area contributed by atoms with Crippen LogP contribution in [0.5, 0.6) is 5.75 Å². The van der Waals surface area contributed by atoms with E-state index in [-0.39, 0.29) is 17.9 Å². The van der Waals surface area contributed by atoms with Gasteiger partial charge in [-0.25, -0.2) is 0 Å². The topological polar surface area (TPSA) is 58.6 Å². The Kier molecular flexibility index (Phi) is 4.84. The van der Waals surface area contributed by atoms with Gasteiger partial charge in [-0.3, -0.25) is 9.59 Å². The second-order valence-electron chi connectivity index (χ2n) is 6.48. The number of likely N-dealkylation sites (tertiary alicyclic amines) is 1. The molecular formula is C18H24N2O3. The number of benzene rings is 1. The molecule has 2 saturated heterocycles. The van der Waals surface area contributed by atoms with Gasteiger partial charge in [0.2, 0.25) is 11.8 Å². The number of hydrogen-bond acceptors (Lipinski definition) is 3. The molecule has 1 N–H and O–H groups in total. The molecular weight excluding hydrogens is 292 g/mol. The molecule has 23 heavy (non-hydrogen) atoms. The Morgan fingerprint density at radius 3 is 2.48 bits per heavy atom. The third kappa shape index (κ3) is 3.84. The van der Waals surface area contributed by atoms with Gasteiger partial charge >= 0.3 is 0 Å². The molecule has 5 heteroatoms. The van der Waals surface area contributed by atoms with Crippen LogP contribution in [0.1, 0.15) is 31.2 Å². The third-order valence-corrected chi connectivity index (χ3v) is 4.90. The van der Waals surface area contributed by atoms with Gasteiger partial charge in [-0.15, -0.1) is 0 Å². The van der Waals surface area contributed by atoms with Crippen molar-refractivity contribution in [1.82, 2.24) is 10.2 Å². The lowest BCUT2D eigenvalue weighted by Gasteiger charge is -2.33. The fourth-order valence-corrected chi connectivity index (χ4v) is 3.47. The van der Waals surface area contributed by atoms with E-state index < -0.39 is 0 Å². The van der Waals surface area contributed by atoms with Crippen molar-refractivity contribution in [3.8, 4) is 5.75 Å². The summed E-state index contributed by atoms with van der Waals surface area (Å²) < 4.78 is 5.18. The maximum atomic E-state index is 12.4. The molecule has 2 amide bonds. The summed E-state index contributed by atoms with van der Waals surface area (Å²) >= 11 is 0. The normalized spacial score (nSPS) is 22.0. The SMILES string of the molecule is COc1ccc(CC2CCN(C(=O)C3CCC(=O)N3)CC2)cc1. The average Bonchev–Trinajstić information content (AvgIpc) is 3.02. The molecule has 2 heterocycles. The van der Waals surface area contributed by atoms with Crippen molar-refractivity contribution in [3.05, 3.63) is 29.8 Å². The summed E-state index contributed by atoms with van der Waals surface area (Å²) in [6, 6.07) is 7.93. The van der Waals surface area contributed by atoms with Crippen molar-refractivity contribution in [2.24, 2.45) is 5.92 Å². The summed E-state index contributed by atoms with van der Waals surface area (Å²) in [7, 11) is 1.68. The molecule has 124 valence electrons. The van der Waals surface area contributed by atoms with Gasteiger partial charge in [-0.05, 0) is 49.3 Å². The molecule has 0 radical (unpaired) electrons. The lowest BCUT2D eigenvalue weighted by atomic mass is 9.90. The van der Waals surface area contributed by atoms with Crippen molar-refractivity contribution >= 4 is 11.8 Å². The van der Waals surface area contributed by atoms with Gasteiger partial charge in [0.15, 0.2) is 0 Å². The van der Waals surface area contributed by atoms with Crippen molar-refractivity contribution in [2.45, 2.75) is 38.1 Å². The molecule has 0 aromatic heterocycles. The Bertz CT molecular complexity index is 562. The van der Waals surface area contributed by atoms with E-state index in [1.807, 2.05) is 17.0 Å². The zero-order valence-corrected chi connectivity index (χ0v) is 13.6. The van der Waals surface area contributed by atoms with E-state index >= 15 is 0 Å². The number of rotatable bonds is 4. The highest BCUT2D eigenvalue weighted by atomic mass is 16.5. The van der Waals surface area contributed by atoms with Crippen LogP contribution in [0.15, 0.2) is 24.3 Å². The van der Waals surface area contributed by atoms with Crippen LogP contribution in [-0.4, -0.2) is 43.0 Å². The van der Waals surface area contributed by atoms with E-state index in [9.17, 15) is 9.59 Å². The van der Waals surface area contributed by atoms with Crippen LogP contribution in [0.2, 0.25) is 0 Å². The molecule has 0 aliphatic carbocycles. The Balaban J connectivity index is 1.48. The van der Waals surface area contributed by atoms with Gasteiger partial charge in [0.25, 0.3) is 0 Å². The first-order chi connectivity index (χ1) is 11.2. The molecule has 2 fully saturated rings. The van der Waals surface area contributed by atoms with E-state index in [0.29, 0.717) is 18.8 Å². The summed E-state index contributed by atoms with van der Waals surface area (Å²) in [6.07, 6.45) is 4.22. The van der Waals surface area contributed by atoms with Crippen molar-refractivity contribution in [1.29, 1.82) is 0 Å². The number of methoxy groups -OCH3 is 1. The highest BCUT2D eigenvalue weighted by Gasteiger charge is 2.32. The van der Waals surface area contributed by atoms with Crippen LogP contribution < -0.4 is 10.1 Å². The van der Waals surface area contributed by atoms with Crippen molar-refractivity contribution in [2.75, 3.05) is 20.2 Å². The van der Waals surface area contributed by atoms with Crippen LogP contribution in [0, 0.1) is 5.92 Å². The van der Waals surface area contributed by atoms with Gasteiger partial charge in [0.05, 0.1) is 7.11 Å². The molecule has 5 nitrogen and oxygen atoms in total. The fraction of sp³-hybridized carbons (Fsp3) is 0.556. The Hall–Kier alpha value is -2.04. The molecule has 3 rings (SSSR count). The number of piperidine rings is 1. The fourth-order valence-electron chi connectivity index (χ4n) is 3.47. The number of nitrogens with one attached hydrogen (secondary N) is 1. The number of nitrogens with zero attached hydrogens (tertiary/aromatic N) is 1. The van der Waals surface area contributed by atoms with E-state index in [0.717, 1.165) is 38.1 Å². The number of amides is 2. The Labute approximate surface area is 137 Å². The number of hydrogen-bond donors (Lipinski definition) is 1.